The van der Waals surface area contributed by atoms with Crippen molar-refractivity contribution >= 4 is 29.5 Å². The number of aliphatic hydroxyl groups is 14. The van der Waals surface area contributed by atoms with E-state index in [2.05, 4.69) is 45.7 Å². The molecule has 6 rings (SSSR count). The van der Waals surface area contributed by atoms with Gasteiger partial charge in [0.05, 0.1) is 39.1 Å². The Balaban J connectivity index is 1.15. The van der Waals surface area contributed by atoms with Gasteiger partial charge in [0.1, 0.15) is 140 Å². The van der Waals surface area contributed by atoms with Gasteiger partial charge in [0.15, 0.2) is 37.7 Å². The summed E-state index contributed by atoms with van der Waals surface area (Å²) in [7, 11) is 0. The maximum absolute atomic E-state index is 13.4. The van der Waals surface area contributed by atoms with Crippen LogP contribution in [-0.2, 0) is 76.1 Å². The Hall–Kier alpha value is -3.91. The van der Waals surface area contributed by atoms with Crippen molar-refractivity contribution < 1.29 is 148 Å². The van der Waals surface area contributed by atoms with Crippen LogP contribution in [0.3, 0.4) is 0 Å². The van der Waals surface area contributed by atoms with Crippen molar-refractivity contribution in [3.05, 3.63) is 12.2 Å². The number of amides is 5. The molecule has 0 saturated carbocycles. The first-order valence-corrected chi connectivity index (χ1v) is 33.6. The van der Waals surface area contributed by atoms with Gasteiger partial charge in [0, 0.05) is 34.1 Å². The van der Waals surface area contributed by atoms with E-state index in [-0.39, 0.29) is 6.42 Å². The minimum Gasteiger partial charge on any atom is -0.394 e. The van der Waals surface area contributed by atoms with Crippen LogP contribution >= 0.6 is 0 Å². The fraction of sp³-hybridized carbons (Fsp3) is 0.887. The first-order chi connectivity index (χ1) is 46.2. The molecule has 35 heteroatoms. The van der Waals surface area contributed by atoms with Gasteiger partial charge in [-0.05, 0) is 39.0 Å². The third-order valence-corrected chi connectivity index (χ3v) is 18.0. The van der Waals surface area contributed by atoms with E-state index in [0.717, 1.165) is 66.2 Å². The van der Waals surface area contributed by atoms with E-state index in [1.807, 2.05) is 0 Å². The van der Waals surface area contributed by atoms with E-state index in [0.29, 0.717) is 6.42 Å². The summed E-state index contributed by atoms with van der Waals surface area (Å²) in [5.74, 6) is -3.76. The summed E-state index contributed by atoms with van der Waals surface area (Å²) in [6, 6.07) is -8.41. The number of nitrogens with one attached hydrogen (secondary N) is 5. The number of rotatable bonds is 35. The Morgan fingerprint density at radius 2 is 0.732 bits per heavy atom. The molecule has 5 amide bonds. The van der Waals surface area contributed by atoms with Gasteiger partial charge in [0.25, 0.3) is 0 Å². The van der Waals surface area contributed by atoms with E-state index in [4.69, 9.17) is 52.1 Å². The van der Waals surface area contributed by atoms with E-state index >= 15 is 0 Å². The van der Waals surface area contributed by atoms with E-state index in [1.54, 1.807) is 0 Å². The van der Waals surface area contributed by atoms with Crippen molar-refractivity contribution in [1.82, 2.24) is 26.6 Å². The van der Waals surface area contributed by atoms with Crippen LogP contribution in [0.1, 0.15) is 131 Å². The lowest BCUT2D eigenvalue weighted by Crippen LogP contribution is -2.72. The van der Waals surface area contributed by atoms with Gasteiger partial charge in [-0.15, -0.1) is 0 Å². The van der Waals surface area contributed by atoms with Gasteiger partial charge in [0.2, 0.25) is 29.5 Å². The summed E-state index contributed by atoms with van der Waals surface area (Å²) in [6.07, 6.45) is -26.3. The molecule has 0 aromatic carbocycles. The van der Waals surface area contributed by atoms with Crippen molar-refractivity contribution in [3.63, 3.8) is 0 Å². The summed E-state index contributed by atoms with van der Waals surface area (Å²) in [4.78, 5) is 64.4. The van der Waals surface area contributed by atoms with Crippen LogP contribution in [0, 0.1) is 0 Å². The summed E-state index contributed by atoms with van der Waals surface area (Å²) < 4.78 is 65.9. The van der Waals surface area contributed by atoms with Gasteiger partial charge in [-0.25, -0.2) is 0 Å². The monoisotopic (exact) mass is 1400 g/mol. The Morgan fingerprint density at radius 1 is 0.371 bits per heavy atom. The maximum Gasteiger partial charge on any atom is 0.220 e. The fourth-order valence-electron chi connectivity index (χ4n) is 12.8. The molecule has 6 aliphatic rings. The zero-order valence-corrected chi connectivity index (χ0v) is 55.7. The topological polar surface area (TPSA) is 530 Å². The van der Waals surface area contributed by atoms with Crippen LogP contribution < -0.4 is 26.6 Å². The molecule has 0 spiro atoms. The first-order valence-electron chi connectivity index (χ1n) is 33.6. The quantitative estimate of drug-likeness (QED) is 0.0207. The second-order valence-corrected chi connectivity index (χ2v) is 25.7. The summed E-state index contributed by atoms with van der Waals surface area (Å²) in [5.41, 5.74) is 0. The van der Waals surface area contributed by atoms with Gasteiger partial charge in [-0.1, -0.05) is 70.4 Å². The van der Waals surface area contributed by atoms with Crippen LogP contribution in [0.25, 0.3) is 0 Å². The maximum atomic E-state index is 13.4. The molecule has 30 atom stereocenters. The predicted octanol–water partition coefficient (Wildman–Crippen LogP) is -6.34. The van der Waals surface area contributed by atoms with Crippen LogP contribution in [0.15, 0.2) is 12.2 Å². The van der Waals surface area contributed by atoms with Gasteiger partial charge >= 0.3 is 0 Å². The number of ether oxygens (including phenoxy) is 11. The molecule has 6 heterocycles. The third kappa shape index (κ3) is 22.5. The second-order valence-electron chi connectivity index (χ2n) is 25.7. The number of unbranched alkanes of at least 4 members (excludes halogenated alkanes) is 11. The molecule has 6 fully saturated rings. The lowest BCUT2D eigenvalue weighted by molar-refractivity contribution is -0.368. The highest BCUT2D eigenvalue weighted by Crippen LogP contribution is 2.37. The molecule has 6 saturated heterocycles. The largest absolute Gasteiger partial charge is 0.394 e. The zero-order chi connectivity index (χ0) is 71.4. The van der Waals surface area contributed by atoms with E-state index in [1.165, 1.54) is 45.4 Å². The summed E-state index contributed by atoms with van der Waals surface area (Å²) >= 11 is 0. The second kappa shape index (κ2) is 40.1. The van der Waals surface area contributed by atoms with Gasteiger partial charge < -0.3 is 150 Å². The Kier molecular flexibility index (Phi) is 33.9. The molecule has 19 N–H and O–H groups in total. The van der Waals surface area contributed by atoms with Crippen LogP contribution in [0.5, 0.6) is 0 Å². The van der Waals surface area contributed by atoms with Gasteiger partial charge in [-0.3, -0.25) is 24.0 Å². The number of hydrogen-bond acceptors (Lipinski definition) is 30. The average molecular weight is 1400 g/mol. The fourth-order valence-corrected chi connectivity index (χ4v) is 12.8. The third-order valence-electron chi connectivity index (χ3n) is 18.0. The molecule has 0 radical (unpaired) electrons. The molecule has 0 aliphatic carbocycles. The highest BCUT2D eigenvalue weighted by molar-refractivity contribution is 5.76. The molecule has 0 aromatic heterocycles. The number of carbonyl (C=O) groups is 5. The normalized spacial score (nSPS) is 40.2. The molecule has 0 aromatic rings. The molecule has 97 heavy (non-hydrogen) atoms. The smallest absolute Gasteiger partial charge is 0.220 e. The minimum absolute atomic E-state index is 0.00948. The van der Waals surface area contributed by atoms with Crippen molar-refractivity contribution in [3.8, 4) is 0 Å². The van der Waals surface area contributed by atoms with Crippen molar-refractivity contribution in [2.75, 3.05) is 33.0 Å². The highest BCUT2D eigenvalue weighted by Gasteiger charge is 2.58. The van der Waals surface area contributed by atoms with Crippen LogP contribution in [-0.4, -0.2) is 318 Å². The van der Waals surface area contributed by atoms with Crippen molar-refractivity contribution in [1.29, 1.82) is 0 Å². The number of allylic oxidation sites excluding steroid dienone is 2. The van der Waals surface area contributed by atoms with E-state index < -0.39 is 246 Å². The molecule has 560 valence electrons. The van der Waals surface area contributed by atoms with Gasteiger partial charge in [-0.2, -0.15) is 0 Å². The lowest BCUT2D eigenvalue weighted by Gasteiger charge is -2.51. The first kappa shape index (κ1) is 82.0. The van der Waals surface area contributed by atoms with Crippen LogP contribution in [0.4, 0.5) is 0 Å². The number of carbonyl (C=O) groups excluding carboxylic acids is 5. The number of aliphatic hydroxyl groups excluding tert-OH is 14. The minimum atomic E-state index is -2.05. The lowest BCUT2D eigenvalue weighted by atomic mass is 9.93. The summed E-state index contributed by atoms with van der Waals surface area (Å²) in [5, 5.41) is 168. The molecule has 6 aliphatic heterocycles. The molecular formula is C62H107N5O30. The standard InChI is InChI=1S/C62H107N5O30/c1-7-8-9-10-11-12-13-14-15-16-17-18-19-20-21-22-38(76)67-40-46(79)45(78)33(23-68)90-58(40)94-53-34(24-69)91-59(41(48(53)81)64-30(4)73)95-54-35(25-70)92-60(42(49(54)82)65-31(5)74)96-55-36(26-71)93-61(43(50(55)83)66-32(6)75)97-56-37(89-57(86)39(47(56)80)63-29(3)72)27-87-62-52(85)51(84)44(77)28(2)88-62/h14-15,28,33-37,39-62,68-71,77-86H,7-13,16-27H2,1-6H3,(H,63,72)(H,64,73)(H,65,74)(H,66,75)(H,67,76)/b15-14-/t28-,33+,34+,35+,36+,37+,39+,40+,41+,42+,43+,44+,45+,46+,47+,48+,49+,50+,51+,52-,53+,54+,55+,56+,57?,58-,59-,60-,61-,62+/m0/s1. The van der Waals surface area contributed by atoms with Crippen molar-refractivity contribution in [2.24, 2.45) is 0 Å². The predicted molar refractivity (Wildman–Crippen MR) is 330 cm³/mol. The van der Waals surface area contributed by atoms with Crippen LogP contribution in [0.2, 0.25) is 0 Å². The highest BCUT2D eigenvalue weighted by atomic mass is 16.8. The molecular weight excluding hydrogens is 1290 g/mol. The number of hydrogen-bond donors (Lipinski definition) is 19. The summed E-state index contributed by atoms with van der Waals surface area (Å²) in [6.45, 7) is 3.15. The average Bonchev–Trinajstić information content (AvgIpc) is 0.783. The molecule has 0 bridgehead atoms. The zero-order valence-electron chi connectivity index (χ0n) is 55.7. The van der Waals surface area contributed by atoms with Crippen molar-refractivity contribution in [2.45, 2.75) is 315 Å². The molecule has 1 unspecified atom stereocenters. The Bertz CT molecular complexity index is 2430. The molecule has 35 nitrogen and oxygen atoms in total. The Morgan fingerprint density at radius 3 is 1.14 bits per heavy atom. The SMILES string of the molecule is CCCCCCCC/C=C\CCCCCCCC(=O)N[C@H]1[C@H](O[C@H]2[C@H](O)[C@@H](NC(C)=O)[C@H](O[C@H]3[C@H](O)[C@@H](NC(C)=O)[C@H](O[C@H]4[C@H](O)[C@@H](NC(C)=O)[C@H](O[C@H]5[C@H](O)[C@@H](NC(C)=O)C(O)O[C@@H]5CO[C@@H]5O[C@@H](C)[C@@H](O)[C@@H](O)[C@@H]5O)O[C@@H]4CO)O[C@@H]3CO)O[C@@H]2CO)O[C@H](CO)[C@@H](O)[C@@H]1O. The van der Waals surface area contributed by atoms with E-state index in [9.17, 15) is 95.5 Å². The Labute approximate surface area is 562 Å².